The second-order valence-corrected chi connectivity index (χ2v) is 7.76. The molecule has 0 unspecified atom stereocenters. The molecule has 0 heterocycles. The van der Waals surface area contributed by atoms with Gasteiger partial charge in [0, 0.05) is 19.4 Å². The van der Waals surface area contributed by atoms with Gasteiger partial charge in [-0.15, -0.1) is 0 Å². The summed E-state index contributed by atoms with van der Waals surface area (Å²) < 4.78 is 29.1. The fourth-order valence-corrected chi connectivity index (χ4v) is 3.48. The van der Waals surface area contributed by atoms with Gasteiger partial charge in [0.05, 0.1) is 16.7 Å². The number of carbonyl (C=O) groups is 1. The quantitative estimate of drug-likeness (QED) is 0.747. The fourth-order valence-electron chi connectivity index (χ4n) is 2.64. The van der Waals surface area contributed by atoms with Crippen LogP contribution in [-0.2, 0) is 14.6 Å². The average molecular weight is 340 g/mol. The van der Waals surface area contributed by atoms with Crippen molar-refractivity contribution in [2.75, 3.05) is 24.7 Å². The third kappa shape index (κ3) is 5.84. The van der Waals surface area contributed by atoms with E-state index in [-0.39, 0.29) is 10.6 Å². The average Bonchev–Trinajstić information content (AvgIpc) is 2.99. The number of benzene rings is 1. The lowest BCUT2D eigenvalue weighted by Gasteiger charge is -2.12. The van der Waals surface area contributed by atoms with Crippen LogP contribution in [0.5, 0.6) is 0 Å². The SMILES string of the molecule is CS(=O)(=O)c1ccccc1NC(=O)NCCCOC1CCCC1. The molecule has 128 valence electrons. The zero-order chi connectivity index (χ0) is 16.7. The Bertz CT molecular complexity index is 625. The Hall–Kier alpha value is -1.60. The second-order valence-electron chi connectivity index (χ2n) is 5.78. The minimum Gasteiger partial charge on any atom is -0.378 e. The van der Waals surface area contributed by atoms with E-state index in [1.54, 1.807) is 18.2 Å². The highest BCUT2D eigenvalue weighted by Crippen LogP contribution is 2.21. The van der Waals surface area contributed by atoms with Crippen molar-refractivity contribution in [3.63, 3.8) is 0 Å². The first-order valence-corrected chi connectivity index (χ1v) is 9.81. The number of hydrogen-bond acceptors (Lipinski definition) is 4. The molecule has 2 N–H and O–H groups in total. The summed E-state index contributed by atoms with van der Waals surface area (Å²) in [6.07, 6.45) is 6.98. The van der Waals surface area contributed by atoms with Crippen LogP contribution in [0.4, 0.5) is 10.5 Å². The summed E-state index contributed by atoms with van der Waals surface area (Å²) in [6, 6.07) is 5.93. The first-order chi connectivity index (χ1) is 11.0. The van der Waals surface area contributed by atoms with Gasteiger partial charge in [-0.2, -0.15) is 0 Å². The molecule has 7 heteroatoms. The number of rotatable bonds is 7. The number of hydrogen-bond donors (Lipinski definition) is 2. The Morgan fingerprint density at radius 2 is 1.96 bits per heavy atom. The molecule has 0 aliphatic heterocycles. The van der Waals surface area contributed by atoms with Gasteiger partial charge in [0.1, 0.15) is 0 Å². The first-order valence-electron chi connectivity index (χ1n) is 7.92. The Morgan fingerprint density at radius 1 is 1.26 bits per heavy atom. The molecule has 1 aromatic rings. The Labute approximate surface area is 137 Å². The maximum atomic E-state index is 11.9. The van der Waals surface area contributed by atoms with E-state index in [2.05, 4.69) is 10.6 Å². The van der Waals surface area contributed by atoms with Crippen LogP contribution in [0.15, 0.2) is 29.2 Å². The predicted octanol–water partition coefficient (Wildman–Crippen LogP) is 2.56. The smallest absolute Gasteiger partial charge is 0.319 e. The summed E-state index contributed by atoms with van der Waals surface area (Å²) in [5.74, 6) is 0. The van der Waals surface area contributed by atoms with Gasteiger partial charge in [-0.25, -0.2) is 13.2 Å². The van der Waals surface area contributed by atoms with Crippen LogP contribution in [0.1, 0.15) is 32.1 Å². The van der Waals surface area contributed by atoms with E-state index in [9.17, 15) is 13.2 Å². The molecule has 0 saturated heterocycles. The lowest BCUT2D eigenvalue weighted by Crippen LogP contribution is -2.30. The van der Waals surface area contributed by atoms with Gasteiger partial charge in [-0.3, -0.25) is 0 Å². The summed E-state index contributed by atoms with van der Waals surface area (Å²) in [5, 5.41) is 5.29. The van der Waals surface area contributed by atoms with Gasteiger partial charge in [0.15, 0.2) is 9.84 Å². The zero-order valence-corrected chi connectivity index (χ0v) is 14.2. The number of carbonyl (C=O) groups excluding carboxylic acids is 1. The molecule has 23 heavy (non-hydrogen) atoms. The number of sulfone groups is 1. The maximum Gasteiger partial charge on any atom is 0.319 e. The highest BCUT2D eigenvalue weighted by molar-refractivity contribution is 7.90. The van der Waals surface area contributed by atoms with Crippen molar-refractivity contribution in [3.05, 3.63) is 24.3 Å². The molecule has 2 amide bonds. The van der Waals surface area contributed by atoms with Crippen molar-refractivity contribution in [2.45, 2.75) is 43.1 Å². The summed E-state index contributed by atoms with van der Waals surface area (Å²) in [6.45, 7) is 1.12. The molecular formula is C16H24N2O4S. The van der Waals surface area contributed by atoms with E-state index < -0.39 is 15.9 Å². The van der Waals surface area contributed by atoms with Crippen LogP contribution >= 0.6 is 0 Å². The Morgan fingerprint density at radius 3 is 2.65 bits per heavy atom. The van der Waals surface area contributed by atoms with E-state index in [0.717, 1.165) is 25.5 Å². The Balaban J connectivity index is 1.72. The molecule has 1 saturated carbocycles. The van der Waals surface area contributed by atoms with Gasteiger partial charge in [-0.1, -0.05) is 25.0 Å². The molecule has 0 radical (unpaired) electrons. The molecule has 1 aliphatic rings. The molecule has 0 aromatic heterocycles. The largest absolute Gasteiger partial charge is 0.378 e. The molecule has 6 nitrogen and oxygen atoms in total. The van der Waals surface area contributed by atoms with Crippen LogP contribution in [-0.4, -0.2) is 40.0 Å². The number of anilines is 1. The lowest BCUT2D eigenvalue weighted by molar-refractivity contribution is 0.0572. The van der Waals surface area contributed by atoms with E-state index in [1.165, 1.54) is 18.9 Å². The molecule has 0 bridgehead atoms. The van der Waals surface area contributed by atoms with Gasteiger partial charge >= 0.3 is 6.03 Å². The van der Waals surface area contributed by atoms with E-state index in [1.807, 2.05) is 0 Å². The van der Waals surface area contributed by atoms with Crippen LogP contribution < -0.4 is 10.6 Å². The Kier molecular flexibility index (Phi) is 6.41. The van der Waals surface area contributed by atoms with Gasteiger partial charge < -0.3 is 15.4 Å². The van der Waals surface area contributed by atoms with Gasteiger partial charge in [-0.05, 0) is 31.4 Å². The van der Waals surface area contributed by atoms with Crippen molar-refractivity contribution in [2.24, 2.45) is 0 Å². The van der Waals surface area contributed by atoms with E-state index in [0.29, 0.717) is 19.3 Å². The van der Waals surface area contributed by atoms with Crippen molar-refractivity contribution < 1.29 is 17.9 Å². The monoisotopic (exact) mass is 340 g/mol. The zero-order valence-electron chi connectivity index (χ0n) is 13.4. The molecule has 0 spiro atoms. The van der Waals surface area contributed by atoms with Crippen molar-refractivity contribution >= 4 is 21.6 Å². The van der Waals surface area contributed by atoms with Gasteiger partial charge in [0.25, 0.3) is 0 Å². The molecule has 1 fully saturated rings. The van der Waals surface area contributed by atoms with Crippen molar-refractivity contribution in [3.8, 4) is 0 Å². The second kappa shape index (κ2) is 8.31. The minimum atomic E-state index is -3.38. The minimum absolute atomic E-state index is 0.111. The third-order valence-corrected chi connectivity index (χ3v) is 4.95. The van der Waals surface area contributed by atoms with E-state index in [4.69, 9.17) is 4.74 Å². The highest BCUT2D eigenvalue weighted by atomic mass is 32.2. The third-order valence-electron chi connectivity index (χ3n) is 3.80. The normalized spacial score (nSPS) is 15.5. The molecule has 1 aromatic carbocycles. The molecule has 2 rings (SSSR count). The number of amides is 2. The van der Waals surface area contributed by atoms with Crippen molar-refractivity contribution in [1.29, 1.82) is 0 Å². The fraction of sp³-hybridized carbons (Fsp3) is 0.562. The summed E-state index contributed by atoms with van der Waals surface area (Å²) in [7, 11) is -3.38. The van der Waals surface area contributed by atoms with Crippen LogP contribution in [0.2, 0.25) is 0 Å². The summed E-state index contributed by atoms with van der Waals surface area (Å²) in [4.78, 5) is 12.0. The molecule has 1 aliphatic carbocycles. The first kappa shape index (κ1) is 17.7. The molecular weight excluding hydrogens is 316 g/mol. The van der Waals surface area contributed by atoms with Crippen LogP contribution in [0.3, 0.4) is 0 Å². The van der Waals surface area contributed by atoms with Gasteiger partial charge in [0.2, 0.25) is 0 Å². The van der Waals surface area contributed by atoms with Crippen LogP contribution in [0.25, 0.3) is 0 Å². The standard InChI is InChI=1S/C16H24N2O4S/c1-23(20,21)15-10-5-4-9-14(15)18-16(19)17-11-6-12-22-13-7-2-3-8-13/h4-5,9-10,13H,2-3,6-8,11-12H2,1H3,(H2,17,18,19). The summed E-state index contributed by atoms with van der Waals surface area (Å²) in [5.41, 5.74) is 0.287. The molecule has 0 atom stereocenters. The predicted molar refractivity (Wildman–Crippen MR) is 89.4 cm³/mol. The topological polar surface area (TPSA) is 84.5 Å². The summed E-state index contributed by atoms with van der Waals surface area (Å²) >= 11 is 0. The number of para-hydroxylation sites is 1. The lowest BCUT2D eigenvalue weighted by atomic mass is 10.3. The van der Waals surface area contributed by atoms with Crippen molar-refractivity contribution in [1.82, 2.24) is 5.32 Å². The number of ether oxygens (including phenoxy) is 1. The van der Waals surface area contributed by atoms with E-state index >= 15 is 0 Å². The highest BCUT2D eigenvalue weighted by Gasteiger charge is 2.15. The number of urea groups is 1. The van der Waals surface area contributed by atoms with Crippen LogP contribution in [0, 0.1) is 0 Å². The number of nitrogens with one attached hydrogen (secondary N) is 2. The maximum absolute atomic E-state index is 11.9.